The third kappa shape index (κ3) is 3.72. The van der Waals surface area contributed by atoms with Crippen molar-refractivity contribution in [2.75, 3.05) is 23.9 Å². The highest BCUT2D eigenvalue weighted by atomic mass is 35.5. The molecule has 106 valence electrons. The Morgan fingerprint density at radius 3 is 2.74 bits per heavy atom. The number of aryl methyl sites for hydroxylation is 1. The Kier molecular flexibility index (Phi) is 5.25. The van der Waals surface area contributed by atoms with Gasteiger partial charge < -0.3 is 9.64 Å². The first-order chi connectivity index (χ1) is 9.24. The fraction of sp³-hybridized carbons (Fsp3) is 0.714. The molecule has 19 heavy (non-hydrogen) atoms. The maximum absolute atomic E-state index is 5.95. The van der Waals surface area contributed by atoms with E-state index in [1.807, 2.05) is 19.9 Å². The lowest BCUT2D eigenvalue weighted by Crippen LogP contribution is -2.35. The quantitative estimate of drug-likeness (QED) is 0.752. The molecule has 0 atom stereocenters. The Balaban J connectivity index is 2.24. The second kappa shape index (κ2) is 6.94. The lowest BCUT2D eigenvalue weighted by atomic mass is 10.2. The summed E-state index contributed by atoms with van der Waals surface area (Å²) in [5, 5.41) is 0. The number of hydrogen-bond acceptors (Lipinski definition) is 4. The maximum Gasteiger partial charge on any atom is 0.218 e. The standard InChI is InChI=1S/C14H22ClN3O/c1-3-19-14-10-13(16-11(2)17-14)18(9-8-15)12-6-4-5-7-12/h10,12H,3-9H2,1-2H3. The first kappa shape index (κ1) is 14.4. The monoisotopic (exact) mass is 283 g/mol. The summed E-state index contributed by atoms with van der Waals surface area (Å²) in [5.74, 6) is 2.97. The topological polar surface area (TPSA) is 38.2 Å². The second-order valence-electron chi connectivity index (χ2n) is 4.87. The molecular weight excluding hydrogens is 262 g/mol. The van der Waals surface area contributed by atoms with Gasteiger partial charge in [0.2, 0.25) is 5.88 Å². The van der Waals surface area contributed by atoms with Crippen LogP contribution in [-0.4, -0.2) is 35.0 Å². The molecule has 2 rings (SSSR count). The van der Waals surface area contributed by atoms with E-state index in [1.165, 1.54) is 25.7 Å². The molecule has 1 aromatic rings. The van der Waals surface area contributed by atoms with Crippen LogP contribution in [-0.2, 0) is 0 Å². The van der Waals surface area contributed by atoms with Gasteiger partial charge in [-0.3, -0.25) is 0 Å². The summed E-state index contributed by atoms with van der Waals surface area (Å²) in [6.07, 6.45) is 5.05. The van der Waals surface area contributed by atoms with Crippen molar-refractivity contribution in [1.82, 2.24) is 9.97 Å². The minimum atomic E-state index is 0.558. The molecule has 0 amide bonds. The Hall–Kier alpha value is -1.03. The lowest BCUT2D eigenvalue weighted by molar-refractivity contribution is 0.325. The van der Waals surface area contributed by atoms with E-state index in [9.17, 15) is 0 Å². The van der Waals surface area contributed by atoms with Crippen LogP contribution in [0.2, 0.25) is 0 Å². The molecule has 1 fully saturated rings. The van der Waals surface area contributed by atoms with Crippen molar-refractivity contribution >= 4 is 17.4 Å². The number of rotatable bonds is 6. The van der Waals surface area contributed by atoms with Crippen LogP contribution in [0.25, 0.3) is 0 Å². The van der Waals surface area contributed by atoms with E-state index in [2.05, 4.69) is 14.9 Å². The van der Waals surface area contributed by atoms with Crippen molar-refractivity contribution in [3.05, 3.63) is 11.9 Å². The highest BCUT2D eigenvalue weighted by Gasteiger charge is 2.24. The van der Waals surface area contributed by atoms with Crippen LogP contribution < -0.4 is 9.64 Å². The van der Waals surface area contributed by atoms with Crippen LogP contribution in [0.1, 0.15) is 38.4 Å². The fourth-order valence-corrected chi connectivity index (χ4v) is 2.87. The van der Waals surface area contributed by atoms with Crippen molar-refractivity contribution < 1.29 is 4.74 Å². The van der Waals surface area contributed by atoms with Crippen molar-refractivity contribution in [1.29, 1.82) is 0 Å². The number of halogens is 1. The Morgan fingerprint density at radius 1 is 1.37 bits per heavy atom. The first-order valence-electron chi connectivity index (χ1n) is 7.05. The third-order valence-corrected chi connectivity index (χ3v) is 3.65. The molecule has 0 spiro atoms. The molecule has 1 saturated carbocycles. The summed E-state index contributed by atoms with van der Waals surface area (Å²) < 4.78 is 5.51. The number of nitrogens with zero attached hydrogens (tertiary/aromatic N) is 3. The van der Waals surface area contributed by atoms with Gasteiger partial charge in [-0.15, -0.1) is 11.6 Å². The summed E-state index contributed by atoms with van der Waals surface area (Å²) in [7, 11) is 0. The van der Waals surface area contributed by atoms with Crippen molar-refractivity contribution in [3.8, 4) is 5.88 Å². The number of anilines is 1. The normalized spacial score (nSPS) is 15.7. The Bertz CT molecular complexity index is 408. The zero-order valence-corrected chi connectivity index (χ0v) is 12.5. The molecule has 5 heteroatoms. The van der Waals surface area contributed by atoms with Gasteiger partial charge in [0.05, 0.1) is 6.61 Å². The molecular formula is C14H22ClN3O. The van der Waals surface area contributed by atoms with Crippen LogP contribution in [0.4, 0.5) is 5.82 Å². The lowest BCUT2D eigenvalue weighted by Gasteiger charge is -2.29. The van der Waals surface area contributed by atoms with E-state index in [1.54, 1.807) is 0 Å². The molecule has 1 aliphatic rings. The van der Waals surface area contributed by atoms with E-state index >= 15 is 0 Å². The molecule has 0 radical (unpaired) electrons. The number of ether oxygens (including phenoxy) is 1. The minimum absolute atomic E-state index is 0.558. The van der Waals surface area contributed by atoms with E-state index in [4.69, 9.17) is 16.3 Å². The van der Waals surface area contributed by atoms with Crippen LogP contribution in [0, 0.1) is 6.92 Å². The van der Waals surface area contributed by atoms with Gasteiger partial charge in [0, 0.05) is 24.5 Å². The zero-order chi connectivity index (χ0) is 13.7. The molecule has 1 aromatic heterocycles. The van der Waals surface area contributed by atoms with Gasteiger partial charge in [0.25, 0.3) is 0 Å². The zero-order valence-electron chi connectivity index (χ0n) is 11.7. The average Bonchev–Trinajstić information content (AvgIpc) is 2.89. The summed E-state index contributed by atoms with van der Waals surface area (Å²) in [4.78, 5) is 11.2. The highest BCUT2D eigenvalue weighted by molar-refractivity contribution is 6.18. The second-order valence-corrected chi connectivity index (χ2v) is 5.24. The van der Waals surface area contributed by atoms with Crippen LogP contribution in [0.3, 0.4) is 0 Å². The molecule has 1 heterocycles. The van der Waals surface area contributed by atoms with Gasteiger partial charge in [-0.2, -0.15) is 4.98 Å². The molecule has 0 bridgehead atoms. The molecule has 0 N–H and O–H groups in total. The van der Waals surface area contributed by atoms with Crippen molar-refractivity contribution in [3.63, 3.8) is 0 Å². The first-order valence-corrected chi connectivity index (χ1v) is 7.59. The third-order valence-electron chi connectivity index (χ3n) is 3.48. The molecule has 0 aliphatic heterocycles. The van der Waals surface area contributed by atoms with E-state index in [0.29, 0.717) is 24.4 Å². The maximum atomic E-state index is 5.95. The predicted molar refractivity (Wildman–Crippen MR) is 78.3 cm³/mol. The van der Waals surface area contributed by atoms with Gasteiger partial charge in [-0.05, 0) is 26.7 Å². The largest absolute Gasteiger partial charge is 0.478 e. The summed E-state index contributed by atoms with van der Waals surface area (Å²) in [5.41, 5.74) is 0. The number of hydrogen-bond donors (Lipinski definition) is 0. The summed E-state index contributed by atoms with van der Waals surface area (Å²) >= 11 is 5.95. The predicted octanol–water partition coefficient (Wildman–Crippen LogP) is 3.17. The van der Waals surface area contributed by atoms with Gasteiger partial charge in [0.15, 0.2) is 0 Å². The molecule has 4 nitrogen and oxygen atoms in total. The minimum Gasteiger partial charge on any atom is -0.478 e. The summed E-state index contributed by atoms with van der Waals surface area (Å²) in [6.45, 7) is 5.31. The van der Waals surface area contributed by atoms with Gasteiger partial charge in [-0.25, -0.2) is 4.98 Å². The SMILES string of the molecule is CCOc1cc(N(CCCl)C2CCCC2)nc(C)n1. The van der Waals surface area contributed by atoms with Crippen LogP contribution in [0.5, 0.6) is 5.88 Å². The molecule has 1 aliphatic carbocycles. The van der Waals surface area contributed by atoms with E-state index in [-0.39, 0.29) is 0 Å². The van der Waals surface area contributed by atoms with Crippen LogP contribution in [0.15, 0.2) is 6.07 Å². The number of alkyl halides is 1. The van der Waals surface area contributed by atoms with Gasteiger partial charge in [0.1, 0.15) is 11.6 Å². The van der Waals surface area contributed by atoms with Crippen LogP contribution >= 0.6 is 11.6 Å². The van der Waals surface area contributed by atoms with E-state index < -0.39 is 0 Å². The molecule has 0 saturated heterocycles. The van der Waals surface area contributed by atoms with E-state index in [0.717, 1.165) is 18.2 Å². The number of aromatic nitrogens is 2. The van der Waals surface area contributed by atoms with Crippen molar-refractivity contribution in [2.24, 2.45) is 0 Å². The summed E-state index contributed by atoms with van der Waals surface area (Å²) in [6, 6.07) is 2.49. The highest BCUT2D eigenvalue weighted by Crippen LogP contribution is 2.28. The average molecular weight is 284 g/mol. The Labute approximate surface area is 120 Å². The fourth-order valence-electron chi connectivity index (χ4n) is 2.69. The molecule has 0 unspecified atom stereocenters. The van der Waals surface area contributed by atoms with Gasteiger partial charge >= 0.3 is 0 Å². The Morgan fingerprint density at radius 2 is 2.11 bits per heavy atom. The van der Waals surface area contributed by atoms with Crippen molar-refractivity contribution in [2.45, 2.75) is 45.6 Å². The van der Waals surface area contributed by atoms with Gasteiger partial charge in [-0.1, -0.05) is 12.8 Å². The molecule has 0 aromatic carbocycles. The smallest absolute Gasteiger partial charge is 0.218 e.